The lowest BCUT2D eigenvalue weighted by molar-refractivity contribution is -0.126. The summed E-state index contributed by atoms with van der Waals surface area (Å²) < 4.78 is 6.56. The van der Waals surface area contributed by atoms with Crippen LogP contribution in [0.1, 0.15) is 30.5 Å². The topological polar surface area (TPSA) is 54.5 Å². The van der Waals surface area contributed by atoms with Gasteiger partial charge in [-0.3, -0.25) is 9.69 Å². The van der Waals surface area contributed by atoms with Crippen LogP contribution in [0.15, 0.2) is 48.5 Å². The number of para-hydroxylation sites is 2. The van der Waals surface area contributed by atoms with Crippen molar-refractivity contribution in [2.75, 3.05) is 14.2 Å². The van der Waals surface area contributed by atoms with Crippen molar-refractivity contribution in [1.29, 1.82) is 0 Å². The zero-order valence-electron chi connectivity index (χ0n) is 16.1. The second kappa shape index (κ2) is 8.50. The van der Waals surface area contributed by atoms with Crippen LogP contribution in [0, 0.1) is 0 Å². The van der Waals surface area contributed by atoms with Crippen LogP contribution in [0.4, 0.5) is 0 Å². The number of carbonyl (C=O) groups is 1. The summed E-state index contributed by atoms with van der Waals surface area (Å²) in [4.78, 5) is 19.4. The zero-order chi connectivity index (χ0) is 19.4. The molecule has 0 aliphatic carbocycles. The third kappa shape index (κ3) is 4.46. The highest BCUT2D eigenvalue weighted by Crippen LogP contribution is 2.25. The third-order valence-corrected chi connectivity index (χ3v) is 5.75. The molecule has 2 unspecified atom stereocenters. The standard InChI is InChI=1S/C21H25N3O2S/c1-14(16-9-5-7-11-18(16)26-4)22-21(25)15(2)24(3)13-20-23-17-10-6-8-12-19(17)27-20/h5-12,14-15H,13H2,1-4H3,(H,22,25). The number of nitrogens with zero attached hydrogens (tertiary/aromatic N) is 2. The molecule has 0 aliphatic rings. The molecule has 1 heterocycles. The minimum atomic E-state index is -0.269. The molecule has 6 heteroatoms. The number of benzene rings is 2. The number of hydrogen-bond acceptors (Lipinski definition) is 5. The maximum Gasteiger partial charge on any atom is 0.237 e. The van der Waals surface area contributed by atoms with Crippen LogP contribution in [-0.2, 0) is 11.3 Å². The maximum atomic E-state index is 12.7. The first-order valence-electron chi connectivity index (χ1n) is 8.97. The van der Waals surface area contributed by atoms with E-state index in [1.807, 2.05) is 68.3 Å². The van der Waals surface area contributed by atoms with Gasteiger partial charge in [0.2, 0.25) is 5.91 Å². The lowest BCUT2D eigenvalue weighted by Gasteiger charge is -2.25. The first kappa shape index (κ1) is 19.3. The van der Waals surface area contributed by atoms with Crippen molar-refractivity contribution in [3.05, 3.63) is 59.1 Å². The summed E-state index contributed by atoms with van der Waals surface area (Å²) in [6.45, 7) is 4.52. The van der Waals surface area contributed by atoms with Gasteiger partial charge in [0, 0.05) is 5.56 Å². The van der Waals surface area contributed by atoms with Gasteiger partial charge in [-0.05, 0) is 39.1 Å². The van der Waals surface area contributed by atoms with E-state index >= 15 is 0 Å². The Morgan fingerprint density at radius 3 is 2.63 bits per heavy atom. The number of ether oxygens (including phenoxy) is 1. The van der Waals surface area contributed by atoms with Crippen molar-refractivity contribution in [1.82, 2.24) is 15.2 Å². The molecule has 1 N–H and O–H groups in total. The predicted molar refractivity (Wildman–Crippen MR) is 110 cm³/mol. The molecule has 3 rings (SSSR count). The largest absolute Gasteiger partial charge is 0.496 e. The molecule has 0 spiro atoms. The molecule has 0 bridgehead atoms. The average Bonchev–Trinajstić information content (AvgIpc) is 3.09. The second-order valence-electron chi connectivity index (χ2n) is 6.64. The highest BCUT2D eigenvalue weighted by molar-refractivity contribution is 7.18. The van der Waals surface area contributed by atoms with Crippen molar-refractivity contribution in [2.24, 2.45) is 0 Å². The summed E-state index contributed by atoms with van der Waals surface area (Å²) >= 11 is 1.67. The van der Waals surface area contributed by atoms with E-state index in [0.29, 0.717) is 6.54 Å². The van der Waals surface area contributed by atoms with Gasteiger partial charge >= 0.3 is 0 Å². The minimum Gasteiger partial charge on any atom is -0.496 e. The lowest BCUT2D eigenvalue weighted by Crippen LogP contribution is -2.43. The molecule has 2 atom stereocenters. The van der Waals surface area contributed by atoms with Crippen LogP contribution in [-0.4, -0.2) is 36.0 Å². The number of nitrogens with one attached hydrogen (secondary N) is 1. The van der Waals surface area contributed by atoms with Gasteiger partial charge in [0.05, 0.1) is 36.0 Å². The van der Waals surface area contributed by atoms with Gasteiger partial charge in [-0.15, -0.1) is 11.3 Å². The first-order chi connectivity index (χ1) is 13.0. The smallest absolute Gasteiger partial charge is 0.237 e. The number of thiazole rings is 1. The summed E-state index contributed by atoms with van der Waals surface area (Å²) in [5.74, 6) is 0.762. The quantitative estimate of drug-likeness (QED) is 0.670. The van der Waals surface area contributed by atoms with Gasteiger partial charge in [0.1, 0.15) is 10.8 Å². The summed E-state index contributed by atoms with van der Waals surface area (Å²) in [5.41, 5.74) is 1.97. The third-order valence-electron chi connectivity index (χ3n) is 4.73. The molecule has 0 saturated heterocycles. The van der Waals surface area contributed by atoms with Crippen molar-refractivity contribution in [3.8, 4) is 5.75 Å². The van der Waals surface area contributed by atoms with Crippen molar-refractivity contribution < 1.29 is 9.53 Å². The summed E-state index contributed by atoms with van der Waals surface area (Å²) in [7, 11) is 3.59. The molecule has 2 aromatic carbocycles. The number of methoxy groups -OCH3 is 1. The van der Waals surface area contributed by atoms with Gasteiger partial charge in [0.25, 0.3) is 0 Å². The van der Waals surface area contributed by atoms with Crippen LogP contribution in [0.5, 0.6) is 5.75 Å². The first-order valence-corrected chi connectivity index (χ1v) is 9.79. The second-order valence-corrected chi connectivity index (χ2v) is 7.75. The van der Waals surface area contributed by atoms with Crippen LogP contribution in [0.3, 0.4) is 0 Å². The summed E-state index contributed by atoms with van der Waals surface area (Å²) in [6.07, 6.45) is 0. The number of likely N-dealkylation sites (N-methyl/N-ethyl adjacent to an activating group) is 1. The van der Waals surface area contributed by atoms with Gasteiger partial charge < -0.3 is 10.1 Å². The Bertz CT molecular complexity index is 891. The number of carbonyl (C=O) groups excluding carboxylic acids is 1. The molecule has 0 saturated carbocycles. The Hall–Kier alpha value is -2.44. The predicted octanol–water partition coefficient (Wildman–Crippen LogP) is 4.00. The number of amides is 1. The highest BCUT2D eigenvalue weighted by Gasteiger charge is 2.22. The minimum absolute atomic E-state index is 0.0167. The van der Waals surface area contributed by atoms with E-state index in [-0.39, 0.29) is 18.0 Å². The van der Waals surface area contributed by atoms with Crippen LogP contribution in [0.2, 0.25) is 0 Å². The number of hydrogen-bond donors (Lipinski definition) is 1. The monoisotopic (exact) mass is 383 g/mol. The van der Waals surface area contributed by atoms with E-state index in [1.54, 1.807) is 18.4 Å². The molecule has 1 aromatic heterocycles. The molecule has 3 aromatic rings. The van der Waals surface area contributed by atoms with E-state index in [9.17, 15) is 4.79 Å². The molecule has 5 nitrogen and oxygen atoms in total. The fourth-order valence-corrected chi connectivity index (χ4v) is 4.00. The van der Waals surface area contributed by atoms with Gasteiger partial charge in [-0.25, -0.2) is 4.98 Å². The molecular weight excluding hydrogens is 358 g/mol. The van der Waals surface area contributed by atoms with E-state index < -0.39 is 0 Å². The van der Waals surface area contributed by atoms with Gasteiger partial charge in [-0.1, -0.05) is 30.3 Å². The molecule has 0 fully saturated rings. The number of rotatable bonds is 7. The zero-order valence-corrected chi connectivity index (χ0v) is 16.9. The van der Waals surface area contributed by atoms with Crippen molar-refractivity contribution in [3.63, 3.8) is 0 Å². The lowest BCUT2D eigenvalue weighted by atomic mass is 10.1. The Morgan fingerprint density at radius 2 is 1.89 bits per heavy atom. The Balaban J connectivity index is 1.63. The molecule has 0 aliphatic heterocycles. The molecular formula is C21H25N3O2S. The Kier molecular flexibility index (Phi) is 6.08. The molecule has 1 amide bonds. The molecule has 0 radical (unpaired) electrons. The Morgan fingerprint density at radius 1 is 1.19 bits per heavy atom. The van der Waals surface area contributed by atoms with E-state index in [2.05, 4.69) is 16.4 Å². The average molecular weight is 384 g/mol. The number of fused-ring (bicyclic) bond motifs is 1. The maximum absolute atomic E-state index is 12.7. The van der Waals surface area contributed by atoms with Crippen LogP contribution >= 0.6 is 11.3 Å². The van der Waals surface area contributed by atoms with Crippen molar-refractivity contribution in [2.45, 2.75) is 32.5 Å². The van der Waals surface area contributed by atoms with Gasteiger partial charge in [0.15, 0.2) is 0 Å². The number of aromatic nitrogens is 1. The molecule has 27 heavy (non-hydrogen) atoms. The fourth-order valence-electron chi connectivity index (χ4n) is 2.97. The van der Waals surface area contributed by atoms with Crippen molar-refractivity contribution >= 4 is 27.5 Å². The fraction of sp³-hybridized carbons (Fsp3) is 0.333. The SMILES string of the molecule is COc1ccccc1C(C)NC(=O)C(C)N(C)Cc1nc2ccccc2s1. The van der Waals surface area contributed by atoms with Crippen LogP contribution < -0.4 is 10.1 Å². The normalized spacial score (nSPS) is 13.5. The highest BCUT2D eigenvalue weighted by atomic mass is 32.1. The van der Waals surface area contributed by atoms with Crippen LogP contribution in [0.25, 0.3) is 10.2 Å². The molecule has 142 valence electrons. The van der Waals surface area contributed by atoms with Gasteiger partial charge in [-0.2, -0.15) is 0 Å². The summed E-state index contributed by atoms with van der Waals surface area (Å²) in [6, 6.07) is 15.4. The van der Waals surface area contributed by atoms with E-state index in [1.165, 1.54) is 4.70 Å². The summed E-state index contributed by atoms with van der Waals surface area (Å²) in [5, 5.41) is 4.10. The van der Waals surface area contributed by atoms with E-state index in [0.717, 1.165) is 21.8 Å². The Labute approximate surface area is 164 Å². The van der Waals surface area contributed by atoms with E-state index in [4.69, 9.17) is 4.74 Å².